The van der Waals surface area contributed by atoms with Gasteiger partial charge in [-0.25, -0.2) is 0 Å². The van der Waals surface area contributed by atoms with Crippen LogP contribution in [0.3, 0.4) is 0 Å². The molecule has 3 radical (unpaired) electrons. The molecule has 0 rings (SSSR count). The van der Waals surface area contributed by atoms with E-state index in [1.54, 1.807) is 0 Å². The zero-order chi connectivity index (χ0) is 0. The monoisotopic (exact) mass is 229 g/mol. The van der Waals surface area contributed by atoms with Gasteiger partial charge in [0.1, 0.15) is 0 Å². The van der Waals surface area contributed by atoms with Crippen molar-refractivity contribution >= 4 is 61.6 Å². The standard InChI is InChI=1S/3ClH.Sb/h3*1H;. The first-order chi connectivity index (χ1) is 0. The Balaban J connectivity index is 0. The smallest absolute Gasteiger partial charge is 0 e. The van der Waals surface area contributed by atoms with Crippen molar-refractivity contribution in [3.63, 3.8) is 0 Å². The number of halogens is 3. The molecule has 4 heteroatoms. The molecule has 4 heavy (non-hydrogen) atoms. The van der Waals surface area contributed by atoms with Gasteiger partial charge in [-0.3, -0.25) is 0 Å². The van der Waals surface area contributed by atoms with Crippen molar-refractivity contribution in [3.8, 4) is 0 Å². The van der Waals surface area contributed by atoms with Crippen LogP contribution in [0.15, 0.2) is 0 Å². The first-order valence-corrected chi connectivity index (χ1v) is 0. The van der Waals surface area contributed by atoms with Crippen LogP contribution >= 0.6 is 37.2 Å². The summed E-state index contributed by atoms with van der Waals surface area (Å²) in [5, 5.41) is 0. The summed E-state index contributed by atoms with van der Waals surface area (Å²) in [4.78, 5) is 0. The van der Waals surface area contributed by atoms with Gasteiger partial charge in [-0.15, -0.1) is 37.2 Å². The topological polar surface area (TPSA) is 0 Å². The third-order valence-electron chi connectivity index (χ3n) is 0. The normalized spacial score (nSPS) is 0. The maximum Gasteiger partial charge on any atom is 0 e. The van der Waals surface area contributed by atoms with Crippen molar-refractivity contribution in [2.45, 2.75) is 0 Å². The molecule has 0 unspecified atom stereocenters. The maximum atomic E-state index is 0. The van der Waals surface area contributed by atoms with E-state index >= 15 is 0 Å². The second-order valence-corrected chi connectivity index (χ2v) is 0. The van der Waals surface area contributed by atoms with Gasteiger partial charge in [0.25, 0.3) is 0 Å². The minimum absolute atomic E-state index is 0. The van der Waals surface area contributed by atoms with Gasteiger partial charge in [0.15, 0.2) is 0 Å². The Hall–Kier alpha value is 1.69. The molecule has 0 heterocycles. The van der Waals surface area contributed by atoms with Crippen molar-refractivity contribution in [3.05, 3.63) is 0 Å². The van der Waals surface area contributed by atoms with Gasteiger partial charge in [0.05, 0.1) is 0 Å². The summed E-state index contributed by atoms with van der Waals surface area (Å²) in [6.45, 7) is 0. The van der Waals surface area contributed by atoms with Crippen LogP contribution in [0.2, 0.25) is 0 Å². The Labute approximate surface area is 61.4 Å². The number of hydrogen-bond acceptors (Lipinski definition) is 0. The Bertz CT molecular complexity index is 3.25. The van der Waals surface area contributed by atoms with E-state index < -0.39 is 0 Å². The molecule has 0 bridgehead atoms. The Morgan fingerprint density at radius 3 is 0.500 bits per heavy atom. The zero-order valence-corrected chi connectivity index (χ0v) is 6.67. The van der Waals surface area contributed by atoms with E-state index in [1.807, 2.05) is 0 Å². The van der Waals surface area contributed by atoms with Gasteiger partial charge in [-0.2, -0.15) is 0 Å². The molecule has 0 aliphatic heterocycles. The zero-order valence-electron chi connectivity index (χ0n) is 1.67. The second-order valence-electron chi connectivity index (χ2n) is 0. The molecule has 0 fully saturated rings. The molecular formula is H3Cl3Sb. The Morgan fingerprint density at radius 2 is 0.500 bits per heavy atom. The molecule has 0 amide bonds. The molecule has 0 aliphatic carbocycles. The van der Waals surface area contributed by atoms with Crippen LogP contribution in [0.4, 0.5) is 0 Å². The SMILES string of the molecule is Cl.Cl.Cl.[Sb]. The van der Waals surface area contributed by atoms with Crippen molar-refractivity contribution in [1.82, 2.24) is 0 Å². The quantitative estimate of drug-likeness (QED) is 0.543. The van der Waals surface area contributed by atoms with Crippen molar-refractivity contribution in [2.75, 3.05) is 0 Å². The van der Waals surface area contributed by atoms with Gasteiger partial charge in [0, 0.05) is 24.4 Å². The minimum atomic E-state index is 0. The average molecular weight is 231 g/mol. The molecule has 0 N–H and O–H groups in total. The summed E-state index contributed by atoms with van der Waals surface area (Å²) in [7, 11) is 0. The first kappa shape index (κ1) is 43.9. The van der Waals surface area contributed by atoms with Crippen LogP contribution in [-0.4, -0.2) is 24.4 Å². The van der Waals surface area contributed by atoms with Gasteiger partial charge < -0.3 is 0 Å². The molecule has 29 valence electrons. The Morgan fingerprint density at radius 1 is 0.500 bits per heavy atom. The van der Waals surface area contributed by atoms with Crippen LogP contribution in [0.25, 0.3) is 0 Å². The van der Waals surface area contributed by atoms with E-state index in [0.29, 0.717) is 0 Å². The second kappa shape index (κ2) is 22.4. The van der Waals surface area contributed by atoms with Gasteiger partial charge in [0.2, 0.25) is 0 Å². The third-order valence-corrected chi connectivity index (χ3v) is 0. The van der Waals surface area contributed by atoms with Gasteiger partial charge >= 0.3 is 0 Å². The van der Waals surface area contributed by atoms with Crippen LogP contribution < -0.4 is 0 Å². The summed E-state index contributed by atoms with van der Waals surface area (Å²) in [6, 6.07) is 0. The summed E-state index contributed by atoms with van der Waals surface area (Å²) in [5.41, 5.74) is 0. The van der Waals surface area contributed by atoms with Crippen LogP contribution in [-0.2, 0) is 0 Å². The average Bonchev–Trinajstić information content (AvgIpc) is 0. The summed E-state index contributed by atoms with van der Waals surface area (Å²) in [6.07, 6.45) is 0. The van der Waals surface area contributed by atoms with E-state index in [0.717, 1.165) is 0 Å². The Kier molecular flexibility index (Phi) is 245. The third kappa shape index (κ3) is 9.35. The van der Waals surface area contributed by atoms with Crippen LogP contribution in [0.5, 0.6) is 0 Å². The van der Waals surface area contributed by atoms with E-state index in [1.165, 1.54) is 0 Å². The molecule has 0 aromatic carbocycles. The number of hydrogen-bond donors (Lipinski definition) is 0. The van der Waals surface area contributed by atoms with Crippen molar-refractivity contribution in [2.24, 2.45) is 0 Å². The first-order valence-electron chi connectivity index (χ1n) is 0. The molecule has 0 aromatic rings. The maximum absolute atomic E-state index is 0. The molecule has 0 saturated carbocycles. The predicted molar refractivity (Wildman–Crippen MR) is 27.5 cm³/mol. The largest absolute Gasteiger partial charge is 0.147 e. The fraction of sp³-hybridized carbons (Fsp3) is 0. The predicted octanol–water partition coefficient (Wildman–Crippen LogP) is 0.885. The molecular weight excluding hydrogens is 228 g/mol. The fourth-order valence-electron chi connectivity index (χ4n) is 0. The van der Waals surface area contributed by atoms with Crippen LogP contribution in [0.1, 0.15) is 0 Å². The van der Waals surface area contributed by atoms with Gasteiger partial charge in [-0.05, 0) is 0 Å². The molecule has 0 aromatic heterocycles. The molecule has 0 atom stereocenters. The van der Waals surface area contributed by atoms with Crippen molar-refractivity contribution in [1.29, 1.82) is 0 Å². The molecule has 0 saturated heterocycles. The van der Waals surface area contributed by atoms with E-state index in [-0.39, 0.29) is 61.6 Å². The summed E-state index contributed by atoms with van der Waals surface area (Å²) < 4.78 is 0. The minimum Gasteiger partial charge on any atom is -0.147 e. The summed E-state index contributed by atoms with van der Waals surface area (Å²) >= 11 is 0. The molecule has 0 nitrogen and oxygen atoms in total. The summed E-state index contributed by atoms with van der Waals surface area (Å²) in [5.74, 6) is 0. The molecule has 0 spiro atoms. The van der Waals surface area contributed by atoms with Crippen LogP contribution in [0, 0.1) is 0 Å². The molecule has 0 aliphatic rings. The fourth-order valence-corrected chi connectivity index (χ4v) is 0. The van der Waals surface area contributed by atoms with Crippen molar-refractivity contribution < 1.29 is 0 Å². The van der Waals surface area contributed by atoms with E-state index in [4.69, 9.17) is 0 Å². The van der Waals surface area contributed by atoms with E-state index in [2.05, 4.69) is 0 Å². The van der Waals surface area contributed by atoms with E-state index in [9.17, 15) is 0 Å². The number of rotatable bonds is 0. The van der Waals surface area contributed by atoms with Gasteiger partial charge in [-0.1, -0.05) is 0 Å².